The number of nitrogens with zero attached hydrogens (tertiary/aromatic N) is 1. The molecule has 0 aliphatic heterocycles. The van der Waals surface area contributed by atoms with Gasteiger partial charge in [0.25, 0.3) is 0 Å². The number of H-pyrrole nitrogens is 1. The predicted molar refractivity (Wildman–Crippen MR) is 133 cm³/mol. The highest BCUT2D eigenvalue weighted by Crippen LogP contribution is 2.35. The summed E-state index contributed by atoms with van der Waals surface area (Å²) in [6.45, 7) is 3.98. The van der Waals surface area contributed by atoms with E-state index >= 15 is 0 Å². The van der Waals surface area contributed by atoms with Crippen LogP contribution in [0.4, 0.5) is 11.4 Å². The minimum atomic E-state index is -0.478. The average Bonchev–Trinajstić information content (AvgIpc) is 3.39. The number of fused-ring (bicyclic) bond motifs is 2. The number of benzene rings is 2. The van der Waals surface area contributed by atoms with Crippen LogP contribution in [0.5, 0.6) is 0 Å². The molecule has 0 bridgehead atoms. The number of nitrogens with one attached hydrogen (secondary N) is 2. The van der Waals surface area contributed by atoms with Crippen molar-refractivity contribution in [1.82, 2.24) is 9.97 Å². The number of hydrogen-bond donors (Lipinski definition) is 4. The molecule has 5 nitrogen and oxygen atoms in total. The first kappa shape index (κ1) is 21.7. The maximum absolute atomic E-state index is 10.1. The highest BCUT2D eigenvalue weighted by Gasteiger charge is 2.24. The molecular weight excluding hydrogens is 410 g/mol. The average molecular weight is 442 g/mol. The Morgan fingerprint density at radius 2 is 2.00 bits per heavy atom. The third-order valence-corrected chi connectivity index (χ3v) is 6.87. The van der Waals surface area contributed by atoms with Crippen LogP contribution in [0.3, 0.4) is 0 Å². The van der Waals surface area contributed by atoms with Crippen molar-refractivity contribution in [2.75, 3.05) is 5.32 Å². The van der Waals surface area contributed by atoms with Gasteiger partial charge in [-0.1, -0.05) is 24.3 Å². The Hall–Kier alpha value is -3.15. The number of pyridine rings is 1. The molecule has 1 aliphatic rings. The van der Waals surface area contributed by atoms with E-state index in [1.807, 2.05) is 25.1 Å². The zero-order chi connectivity index (χ0) is 22.9. The van der Waals surface area contributed by atoms with Crippen molar-refractivity contribution in [2.24, 2.45) is 0 Å². The van der Waals surface area contributed by atoms with Gasteiger partial charge in [0.15, 0.2) is 0 Å². The van der Waals surface area contributed by atoms with Crippen molar-refractivity contribution in [3.63, 3.8) is 0 Å². The Morgan fingerprint density at radius 3 is 2.82 bits per heavy atom. The van der Waals surface area contributed by atoms with Crippen molar-refractivity contribution in [3.05, 3.63) is 88.4 Å². The second kappa shape index (κ2) is 9.00. The molecule has 2 aromatic carbocycles. The van der Waals surface area contributed by atoms with Crippen LogP contribution in [0, 0.1) is 6.92 Å². The second-order valence-electron chi connectivity index (χ2n) is 9.16. The number of hydrogen-bond acceptors (Lipinski definition) is 4. The summed E-state index contributed by atoms with van der Waals surface area (Å²) in [5.41, 5.74) is 9.98. The van der Waals surface area contributed by atoms with Gasteiger partial charge in [-0.2, -0.15) is 0 Å². The molecule has 2 heterocycles. The number of aromatic amines is 1. The van der Waals surface area contributed by atoms with Gasteiger partial charge in [-0.15, -0.1) is 0 Å². The summed E-state index contributed by atoms with van der Waals surface area (Å²) in [6.07, 6.45) is 7.61. The van der Waals surface area contributed by atoms with E-state index in [0.717, 1.165) is 65.8 Å². The van der Waals surface area contributed by atoms with Crippen LogP contribution < -0.4 is 5.32 Å². The molecule has 33 heavy (non-hydrogen) atoms. The zero-order valence-electron chi connectivity index (χ0n) is 19.2. The summed E-state index contributed by atoms with van der Waals surface area (Å²) >= 11 is 0. The van der Waals surface area contributed by atoms with E-state index in [1.165, 1.54) is 22.1 Å². The van der Waals surface area contributed by atoms with Crippen LogP contribution in [0.25, 0.3) is 10.9 Å². The van der Waals surface area contributed by atoms with Gasteiger partial charge in [0.2, 0.25) is 0 Å². The molecule has 2 unspecified atom stereocenters. The molecule has 4 aromatic rings. The van der Waals surface area contributed by atoms with E-state index in [1.54, 1.807) is 6.20 Å². The molecular formula is C28H31N3O2. The third-order valence-electron chi connectivity index (χ3n) is 6.87. The lowest BCUT2D eigenvalue weighted by atomic mass is 9.99. The number of aromatic nitrogens is 2. The molecule has 5 rings (SSSR count). The molecule has 4 N–H and O–H groups in total. The van der Waals surface area contributed by atoms with Crippen LogP contribution in [0.2, 0.25) is 0 Å². The van der Waals surface area contributed by atoms with Crippen molar-refractivity contribution in [3.8, 4) is 0 Å². The minimum absolute atomic E-state index is 0.443. The Bertz CT molecular complexity index is 1290. The van der Waals surface area contributed by atoms with Crippen LogP contribution >= 0.6 is 0 Å². The van der Waals surface area contributed by atoms with Crippen LogP contribution in [0.15, 0.2) is 54.9 Å². The van der Waals surface area contributed by atoms with Gasteiger partial charge in [0, 0.05) is 34.7 Å². The van der Waals surface area contributed by atoms with E-state index < -0.39 is 12.2 Å². The molecule has 0 radical (unpaired) electrons. The Kier molecular flexibility index (Phi) is 5.92. The van der Waals surface area contributed by atoms with Crippen molar-refractivity contribution in [1.29, 1.82) is 0 Å². The fourth-order valence-corrected chi connectivity index (χ4v) is 5.06. The lowest BCUT2D eigenvalue weighted by Gasteiger charge is -2.13. The SMILES string of the molecule is Cc1cc(Nc2ccnc3c2CCC3O)ccc1CCCc1c[nH]c2c(C(C)O)cccc12. The van der Waals surface area contributed by atoms with Gasteiger partial charge in [-0.25, -0.2) is 0 Å². The lowest BCUT2D eigenvalue weighted by Crippen LogP contribution is -2.00. The van der Waals surface area contributed by atoms with E-state index in [2.05, 4.69) is 52.7 Å². The van der Waals surface area contributed by atoms with Crippen LogP contribution in [-0.4, -0.2) is 20.2 Å². The highest BCUT2D eigenvalue weighted by molar-refractivity contribution is 5.86. The standard InChI is InChI=1S/C28H31N3O2/c1-17-15-21(31-25-13-14-29-28-24(25)11-12-26(28)33)10-9-19(17)5-3-6-20-16-30-27-22(18(2)32)7-4-8-23(20)27/h4,7-10,13-16,18,26,30,32-33H,3,5-6,11-12H2,1-2H3,(H,29,31). The lowest BCUT2D eigenvalue weighted by molar-refractivity contribution is 0.176. The fourth-order valence-electron chi connectivity index (χ4n) is 5.06. The first-order valence-corrected chi connectivity index (χ1v) is 11.8. The summed E-state index contributed by atoms with van der Waals surface area (Å²) < 4.78 is 0. The topological polar surface area (TPSA) is 81.2 Å². The number of anilines is 2. The third kappa shape index (κ3) is 4.26. The molecule has 1 aliphatic carbocycles. The normalized spacial score (nSPS) is 16.2. The van der Waals surface area contributed by atoms with E-state index in [4.69, 9.17) is 0 Å². The summed E-state index contributed by atoms with van der Waals surface area (Å²) in [5.74, 6) is 0. The number of para-hydroxylation sites is 1. The monoisotopic (exact) mass is 441 g/mol. The maximum atomic E-state index is 10.1. The molecule has 0 spiro atoms. The fraction of sp³-hybridized carbons (Fsp3) is 0.321. The summed E-state index contributed by atoms with van der Waals surface area (Å²) in [5, 5.41) is 24.9. The molecule has 0 fully saturated rings. The first-order chi connectivity index (χ1) is 16.0. The summed E-state index contributed by atoms with van der Waals surface area (Å²) in [7, 11) is 0. The molecule has 170 valence electrons. The van der Waals surface area contributed by atoms with Gasteiger partial charge >= 0.3 is 0 Å². The highest BCUT2D eigenvalue weighted by atomic mass is 16.3. The second-order valence-corrected chi connectivity index (χ2v) is 9.16. The Labute approximate surface area is 194 Å². The van der Waals surface area contributed by atoms with E-state index in [-0.39, 0.29) is 0 Å². The van der Waals surface area contributed by atoms with E-state index in [9.17, 15) is 10.2 Å². The van der Waals surface area contributed by atoms with Crippen molar-refractivity contribution >= 4 is 22.3 Å². The molecule has 0 amide bonds. The van der Waals surface area contributed by atoms with Gasteiger partial charge in [0.05, 0.1) is 23.4 Å². The molecule has 2 atom stereocenters. The largest absolute Gasteiger partial charge is 0.389 e. The minimum Gasteiger partial charge on any atom is -0.389 e. The number of aliphatic hydroxyl groups is 2. The van der Waals surface area contributed by atoms with E-state index in [0.29, 0.717) is 0 Å². The van der Waals surface area contributed by atoms with Gasteiger partial charge in [0.1, 0.15) is 0 Å². The van der Waals surface area contributed by atoms with Gasteiger partial charge < -0.3 is 20.5 Å². The number of rotatable bonds is 7. The zero-order valence-corrected chi connectivity index (χ0v) is 19.2. The molecule has 0 saturated heterocycles. The van der Waals surface area contributed by atoms with Crippen LogP contribution in [0.1, 0.15) is 65.5 Å². The molecule has 2 aromatic heterocycles. The first-order valence-electron chi connectivity index (χ1n) is 11.8. The molecule has 0 saturated carbocycles. The number of aryl methyl sites for hydroxylation is 3. The summed E-state index contributed by atoms with van der Waals surface area (Å²) in [4.78, 5) is 7.72. The van der Waals surface area contributed by atoms with Gasteiger partial charge in [-0.05, 0) is 86.4 Å². The van der Waals surface area contributed by atoms with Gasteiger partial charge in [-0.3, -0.25) is 4.98 Å². The number of aliphatic hydroxyl groups excluding tert-OH is 2. The van der Waals surface area contributed by atoms with Crippen molar-refractivity contribution < 1.29 is 10.2 Å². The predicted octanol–water partition coefficient (Wildman–Crippen LogP) is 5.82. The van der Waals surface area contributed by atoms with Crippen LogP contribution in [-0.2, 0) is 19.3 Å². The quantitative estimate of drug-likeness (QED) is 0.291. The van der Waals surface area contributed by atoms with Crippen molar-refractivity contribution in [2.45, 2.75) is 58.2 Å². The maximum Gasteiger partial charge on any atom is 0.0966 e. The summed E-state index contributed by atoms with van der Waals surface area (Å²) in [6, 6.07) is 14.7. The Morgan fingerprint density at radius 1 is 1.15 bits per heavy atom. The molecule has 5 heteroatoms. The Balaban J connectivity index is 1.25. The smallest absolute Gasteiger partial charge is 0.0966 e.